The van der Waals surface area contributed by atoms with Crippen molar-refractivity contribution in [1.82, 2.24) is 0 Å². The van der Waals surface area contributed by atoms with Gasteiger partial charge in [-0.2, -0.15) is 0 Å². The minimum atomic E-state index is -0.907. The van der Waals surface area contributed by atoms with Crippen molar-refractivity contribution in [1.29, 1.82) is 0 Å². The molecule has 2 rings (SSSR count). The highest BCUT2D eigenvalue weighted by Crippen LogP contribution is 2.34. The van der Waals surface area contributed by atoms with Crippen LogP contribution in [-0.4, -0.2) is 23.9 Å². The van der Waals surface area contributed by atoms with E-state index < -0.39 is 23.9 Å². The number of alkyl halides is 1. The number of hydrogen-bond donors (Lipinski definition) is 2. The van der Waals surface area contributed by atoms with Crippen LogP contribution in [0.25, 0.3) is 0 Å². The number of ether oxygens (including phenoxy) is 1. The second-order valence-corrected chi connectivity index (χ2v) is 8.09. The summed E-state index contributed by atoms with van der Waals surface area (Å²) in [5, 5.41) is 0. The second kappa shape index (κ2) is 9.69. The molecule has 2 aromatic rings. The number of primary amides is 1. The van der Waals surface area contributed by atoms with Gasteiger partial charge in [-0.1, -0.05) is 60.7 Å². The summed E-state index contributed by atoms with van der Waals surface area (Å²) in [6.45, 7) is 3.02. The van der Waals surface area contributed by atoms with Gasteiger partial charge in [-0.25, -0.2) is 4.79 Å². The Hall–Kier alpha value is -2.40. The Morgan fingerprint density at radius 2 is 1.46 bits per heavy atom. The third-order valence-corrected chi connectivity index (χ3v) is 5.26. The van der Waals surface area contributed by atoms with Gasteiger partial charge in [0.15, 0.2) is 0 Å². The van der Waals surface area contributed by atoms with Crippen LogP contribution in [0.5, 0.6) is 0 Å². The average Bonchev–Trinajstić information content (AvgIpc) is 2.62. The third kappa shape index (κ3) is 6.64. The Kier molecular flexibility index (Phi) is 7.58. The van der Waals surface area contributed by atoms with Crippen molar-refractivity contribution in [3.05, 3.63) is 71.8 Å². The van der Waals surface area contributed by atoms with E-state index in [2.05, 4.69) is 0 Å². The normalized spacial score (nSPS) is 13.1. The number of halogens is 1. The monoisotopic (exact) mass is 386 g/mol. The Morgan fingerprint density at radius 3 is 1.86 bits per heavy atom. The molecule has 0 radical (unpaired) electrons. The van der Waals surface area contributed by atoms with Crippen LogP contribution in [0.1, 0.15) is 37.8 Å². The summed E-state index contributed by atoms with van der Waals surface area (Å²) < 4.78 is 18.6. The van der Waals surface area contributed by atoms with Crippen LogP contribution >= 0.6 is 0 Å². The molecule has 0 aromatic heterocycles. The van der Waals surface area contributed by atoms with Crippen molar-refractivity contribution in [3.63, 3.8) is 0 Å². The average molecular weight is 387 g/mol. The number of benzene rings is 2. The van der Waals surface area contributed by atoms with E-state index in [1.165, 1.54) is 0 Å². The summed E-state index contributed by atoms with van der Waals surface area (Å²) in [6.07, 6.45) is 1.17. The molecular weight excluding hydrogens is 355 g/mol. The van der Waals surface area contributed by atoms with Crippen LogP contribution < -0.4 is 11.5 Å². The molecule has 1 amide bonds. The van der Waals surface area contributed by atoms with Crippen molar-refractivity contribution < 1.29 is 13.9 Å². The molecular formula is C23H31FN2O2. The van der Waals surface area contributed by atoms with Crippen molar-refractivity contribution >= 4 is 6.09 Å². The van der Waals surface area contributed by atoms with E-state index in [0.717, 1.165) is 11.1 Å². The molecule has 5 heteroatoms. The first-order chi connectivity index (χ1) is 13.2. The van der Waals surface area contributed by atoms with Gasteiger partial charge in [-0.15, -0.1) is 0 Å². The molecule has 0 saturated heterocycles. The third-order valence-electron chi connectivity index (χ3n) is 5.26. The number of amides is 1. The number of nitrogens with two attached hydrogens (primary N) is 2. The molecule has 28 heavy (non-hydrogen) atoms. The number of carbonyl (C=O) groups excluding carboxylic acids is 1. The van der Waals surface area contributed by atoms with Crippen molar-refractivity contribution in [2.45, 2.75) is 50.7 Å². The highest BCUT2D eigenvalue weighted by Gasteiger charge is 2.39. The van der Waals surface area contributed by atoms with Gasteiger partial charge in [0.1, 0.15) is 5.60 Å². The molecule has 152 valence electrons. The van der Waals surface area contributed by atoms with Crippen molar-refractivity contribution in [2.75, 3.05) is 6.67 Å². The molecule has 0 spiro atoms. The SMILES string of the molecule is CC(C)(OC(N)=O)C(CCF)CC(N)(Cc1ccccc1)Cc1ccccc1. The lowest BCUT2D eigenvalue weighted by Gasteiger charge is -2.40. The first-order valence-electron chi connectivity index (χ1n) is 9.65. The lowest BCUT2D eigenvalue weighted by atomic mass is 9.73. The minimum absolute atomic E-state index is 0.253. The van der Waals surface area contributed by atoms with Gasteiger partial charge < -0.3 is 16.2 Å². The fourth-order valence-electron chi connectivity index (χ4n) is 3.87. The summed E-state index contributed by atoms with van der Waals surface area (Å²) in [5.41, 5.74) is 12.9. The standard InChI is InChI=1S/C23H31FN2O2/c1-22(2,28-21(25)27)20(13-14-24)17-23(26,15-18-9-5-3-6-10-18)16-19-11-7-4-8-12-19/h3-12,20H,13-17,26H2,1-2H3,(H2,25,27). The molecule has 1 atom stereocenters. The van der Waals surface area contributed by atoms with E-state index in [9.17, 15) is 9.18 Å². The predicted octanol–water partition coefficient (Wildman–Crippen LogP) is 4.41. The van der Waals surface area contributed by atoms with E-state index >= 15 is 0 Å². The van der Waals surface area contributed by atoms with Crippen LogP contribution in [-0.2, 0) is 17.6 Å². The summed E-state index contributed by atoms with van der Waals surface area (Å²) >= 11 is 0. The van der Waals surface area contributed by atoms with Crippen LogP contribution in [0.3, 0.4) is 0 Å². The summed E-state index contributed by atoms with van der Waals surface area (Å²) in [5.74, 6) is -0.262. The van der Waals surface area contributed by atoms with Gasteiger partial charge in [0.05, 0.1) is 6.67 Å². The fourth-order valence-corrected chi connectivity index (χ4v) is 3.87. The molecule has 0 aliphatic rings. The molecule has 0 fully saturated rings. The Bertz CT molecular complexity index is 693. The van der Waals surface area contributed by atoms with Crippen molar-refractivity contribution in [2.24, 2.45) is 17.4 Å². The smallest absolute Gasteiger partial charge is 0.405 e. The Morgan fingerprint density at radius 1 is 1.00 bits per heavy atom. The van der Waals surface area contributed by atoms with Crippen LogP contribution in [0.4, 0.5) is 9.18 Å². The molecule has 0 aliphatic carbocycles. The summed E-state index contributed by atoms with van der Waals surface area (Å²) in [6, 6.07) is 20.0. The second-order valence-electron chi connectivity index (χ2n) is 8.09. The fraction of sp³-hybridized carbons (Fsp3) is 0.435. The Labute approximate surface area is 167 Å². The number of hydrogen-bond acceptors (Lipinski definition) is 3. The molecule has 0 saturated carbocycles. The van der Waals surface area contributed by atoms with E-state index in [0.29, 0.717) is 19.3 Å². The number of rotatable bonds is 10. The maximum absolute atomic E-state index is 13.3. The molecule has 0 heterocycles. The maximum Gasteiger partial charge on any atom is 0.405 e. The molecule has 4 nitrogen and oxygen atoms in total. The van der Waals surface area contributed by atoms with Crippen LogP contribution in [0, 0.1) is 5.92 Å². The van der Waals surface area contributed by atoms with E-state index in [1.54, 1.807) is 13.8 Å². The molecule has 2 aromatic carbocycles. The maximum atomic E-state index is 13.3. The zero-order chi connectivity index (χ0) is 20.6. The Balaban J connectivity index is 2.31. The predicted molar refractivity (Wildman–Crippen MR) is 111 cm³/mol. The summed E-state index contributed by atoms with van der Waals surface area (Å²) in [4.78, 5) is 11.3. The van der Waals surface area contributed by atoms with Gasteiger partial charge in [-0.3, -0.25) is 4.39 Å². The van der Waals surface area contributed by atoms with Crippen LogP contribution in [0.2, 0.25) is 0 Å². The molecule has 4 N–H and O–H groups in total. The highest BCUT2D eigenvalue weighted by molar-refractivity contribution is 5.65. The molecule has 0 bridgehead atoms. The van der Waals surface area contributed by atoms with Gasteiger partial charge in [0.25, 0.3) is 0 Å². The lowest BCUT2D eigenvalue weighted by Crippen LogP contribution is -2.50. The molecule has 0 aliphatic heterocycles. The first kappa shape index (κ1) is 21.9. The first-order valence-corrected chi connectivity index (χ1v) is 9.65. The number of carbonyl (C=O) groups is 1. The zero-order valence-electron chi connectivity index (χ0n) is 16.7. The zero-order valence-corrected chi connectivity index (χ0v) is 16.7. The summed E-state index contributed by atoms with van der Waals surface area (Å²) in [7, 11) is 0. The van der Waals surface area contributed by atoms with Crippen molar-refractivity contribution in [3.8, 4) is 0 Å². The van der Waals surface area contributed by atoms with Gasteiger partial charge in [0.2, 0.25) is 0 Å². The largest absolute Gasteiger partial charge is 0.443 e. The molecule has 1 unspecified atom stereocenters. The van der Waals surface area contributed by atoms with E-state index in [4.69, 9.17) is 16.2 Å². The van der Waals surface area contributed by atoms with Gasteiger partial charge >= 0.3 is 6.09 Å². The van der Waals surface area contributed by atoms with Crippen LogP contribution in [0.15, 0.2) is 60.7 Å². The van der Waals surface area contributed by atoms with Gasteiger partial charge in [-0.05, 0) is 50.7 Å². The highest BCUT2D eigenvalue weighted by atomic mass is 19.1. The van der Waals surface area contributed by atoms with Gasteiger partial charge in [0, 0.05) is 11.5 Å². The lowest BCUT2D eigenvalue weighted by molar-refractivity contribution is -0.0174. The topological polar surface area (TPSA) is 78.3 Å². The minimum Gasteiger partial charge on any atom is -0.443 e. The quantitative estimate of drug-likeness (QED) is 0.635. The van der Waals surface area contributed by atoms with E-state index in [1.807, 2.05) is 60.7 Å². The van der Waals surface area contributed by atoms with E-state index in [-0.39, 0.29) is 12.3 Å².